The molecule has 3 nitrogen and oxygen atoms in total. The second-order valence-electron chi connectivity index (χ2n) is 5.62. The number of rotatable bonds is 3. The Bertz CT molecular complexity index is 1060. The Morgan fingerprint density at radius 2 is 1.44 bits per heavy atom. The Kier molecular flexibility index (Phi) is 3.78. The second-order valence-corrected chi connectivity index (χ2v) is 5.62. The van der Waals surface area contributed by atoms with E-state index in [9.17, 15) is 9.18 Å². The number of hydrogen-bond acceptors (Lipinski definition) is 3. The number of nitrogens with zero attached hydrogens (tertiary/aromatic N) is 2. The van der Waals surface area contributed by atoms with Crippen molar-refractivity contribution in [1.29, 1.82) is 0 Å². The van der Waals surface area contributed by atoms with Gasteiger partial charge in [0.1, 0.15) is 11.5 Å². The van der Waals surface area contributed by atoms with Crippen molar-refractivity contribution in [3.63, 3.8) is 0 Å². The molecule has 0 aliphatic heterocycles. The number of benzene rings is 3. The van der Waals surface area contributed by atoms with Crippen LogP contribution in [0.3, 0.4) is 0 Å². The number of ketones is 1. The highest BCUT2D eigenvalue weighted by molar-refractivity contribution is 6.14. The molecule has 3 aromatic carbocycles. The van der Waals surface area contributed by atoms with E-state index in [1.807, 2.05) is 54.6 Å². The van der Waals surface area contributed by atoms with Gasteiger partial charge in [0.15, 0.2) is 5.82 Å². The maximum absolute atomic E-state index is 13.2. The lowest BCUT2D eigenvalue weighted by Gasteiger charge is -2.08. The second kappa shape index (κ2) is 6.24. The zero-order valence-corrected chi connectivity index (χ0v) is 13.2. The molecular weight excluding hydrogens is 315 g/mol. The highest BCUT2D eigenvalue weighted by Crippen LogP contribution is 2.23. The summed E-state index contributed by atoms with van der Waals surface area (Å²) in [5, 5.41) is 0.677. The van der Waals surface area contributed by atoms with Gasteiger partial charge in [0.2, 0.25) is 5.78 Å². The van der Waals surface area contributed by atoms with Gasteiger partial charge < -0.3 is 0 Å². The van der Waals surface area contributed by atoms with Gasteiger partial charge >= 0.3 is 0 Å². The van der Waals surface area contributed by atoms with Crippen molar-refractivity contribution in [2.45, 2.75) is 0 Å². The number of carbonyl (C=O) groups is 1. The largest absolute Gasteiger partial charge is 0.287 e. The number of fused-ring (bicyclic) bond motifs is 1. The lowest BCUT2D eigenvalue weighted by Crippen LogP contribution is -2.07. The van der Waals surface area contributed by atoms with Gasteiger partial charge in [-0.05, 0) is 30.3 Å². The summed E-state index contributed by atoms with van der Waals surface area (Å²) < 4.78 is 13.2. The van der Waals surface area contributed by atoms with Crippen molar-refractivity contribution in [2.24, 2.45) is 0 Å². The smallest absolute Gasteiger partial charge is 0.212 e. The number of aromatic nitrogens is 2. The quantitative estimate of drug-likeness (QED) is 0.513. The van der Waals surface area contributed by atoms with Gasteiger partial charge in [0, 0.05) is 16.5 Å². The molecule has 0 amide bonds. The summed E-state index contributed by atoms with van der Waals surface area (Å²) in [6.07, 6.45) is 0. The molecule has 0 saturated heterocycles. The molecule has 0 atom stereocenters. The van der Waals surface area contributed by atoms with E-state index in [4.69, 9.17) is 0 Å². The minimum absolute atomic E-state index is 0.254. The molecule has 0 spiro atoms. The molecule has 0 aliphatic carbocycles. The molecule has 0 aliphatic rings. The first kappa shape index (κ1) is 15.1. The molecule has 25 heavy (non-hydrogen) atoms. The third kappa shape index (κ3) is 2.90. The monoisotopic (exact) mass is 328 g/mol. The summed E-state index contributed by atoms with van der Waals surface area (Å²) in [5.41, 5.74) is 2.24. The molecule has 0 saturated carbocycles. The first-order valence-corrected chi connectivity index (χ1v) is 7.85. The van der Waals surface area contributed by atoms with Crippen molar-refractivity contribution in [2.75, 3.05) is 0 Å². The lowest BCUT2D eigenvalue weighted by atomic mass is 10.0. The SMILES string of the molecule is O=C(c1ccc(F)cc1)c1nc(-c2ccccc2)nc2ccccc12. The van der Waals surface area contributed by atoms with E-state index in [0.29, 0.717) is 28.0 Å². The van der Waals surface area contributed by atoms with E-state index in [0.717, 1.165) is 5.56 Å². The van der Waals surface area contributed by atoms with Crippen LogP contribution >= 0.6 is 0 Å². The van der Waals surface area contributed by atoms with Crippen LogP contribution in [-0.4, -0.2) is 15.8 Å². The van der Waals surface area contributed by atoms with Crippen LogP contribution in [0.5, 0.6) is 0 Å². The first-order chi connectivity index (χ1) is 12.2. The molecule has 4 aromatic rings. The summed E-state index contributed by atoms with van der Waals surface area (Å²) in [5.74, 6) is -0.144. The topological polar surface area (TPSA) is 42.9 Å². The molecular formula is C21H13FN2O. The Labute approximate surface area is 143 Å². The average molecular weight is 328 g/mol. The average Bonchev–Trinajstić information content (AvgIpc) is 2.68. The van der Waals surface area contributed by atoms with Gasteiger partial charge in [-0.1, -0.05) is 48.5 Å². The molecule has 120 valence electrons. The van der Waals surface area contributed by atoms with Gasteiger partial charge in [0.05, 0.1) is 5.52 Å². The molecule has 0 N–H and O–H groups in total. The highest BCUT2D eigenvalue weighted by Gasteiger charge is 2.17. The minimum atomic E-state index is -0.380. The summed E-state index contributed by atoms with van der Waals surface area (Å²) in [6.45, 7) is 0. The Balaban J connectivity index is 1.92. The van der Waals surface area contributed by atoms with Crippen molar-refractivity contribution in [1.82, 2.24) is 9.97 Å². The van der Waals surface area contributed by atoms with Crippen LogP contribution in [0.25, 0.3) is 22.3 Å². The van der Waals surface area contributed by atoms with Crippen LogP contribution in [0.2, 0.25) is 0 Å². The van der Waals surface area contributed by atoms with Crippen LogP contribution in [0.1, 0.15) is 16.1 Å². The van der Waals surface area contributed by atoms with E-state index in [1.54, 1.807) is 0 Å². The zero-order chi connectivity index (χ0) is 17.2. The lowest BCUT2D eigenvalue weighted by molar-refractivity contribution is 0.103. The van der Waals surface area contributed by atoms with Gasteiger partial charge in [-0.2, -0.15) is 0 Å². The van der Waals surface area contributed by atoms with Crippen LogP contribution in [0, 0.1) is 5.82 Å². The van der Waals surface area contributed by atoms with Crippen LogP contribution in [0.15, 0.2) is 78.9 Å². The normalized spacial score (nSPS) is 10.8. The molecule has 0 radical (unpaired) electrons. The predicted octanol–water partition coefficient (Wildman–Crippen LogP) is 4.67. The van der Waals surface area contributed by atoms with Crippen molar-refractivity contribution < 1.29 is 9.18 Å². The van der Waals surface area contributed by atoms with Gasteiger partial charge in [-0.25, -0.2) is 14.4 Å². The number of halogens is 1. The van der Waals surface area contributed by atoms with E-state index < -0.39 is 0 Å². The molecule has 0 bridgehead atoms. The fraction of sp³-hybridized carbons (Fsp3) is 0. The third-order valence-corrected chi connectivity index (χ3v) is 3.96. The fourth-order valence-electron chi connectivity index (χ4n) is 2.70. The van der Waals surface area contributed by atoms with Crippen molar-refractivity contribution >= 4 is 16.7 Å². The third-order valence-electron chi connectivity index (χ3n) is 3.96. The van der Waals surface area contributed by atoms with E-state index >= 15 is 0 Å². The van der Waals surface area contributed by atoms with Crippen LogP contribution < -0.4 is 0 Å². The maximum atomic E-state index is 13.2. The van der Waals surface area contributed by atoms with Gasteiger partial charge in [0.25, 0.3) is 0 Å². The molecule has 4 heteroatoms. The van der Waals surface area contributed by atoms with Crippen molar-refractivity contribution in [3.05, 3.63) is 95.9 Å². The Hall–Kier alpha value is -3.40. The number of hydrogen-bond donors (Lipinski definition) is 0. The Morgan fingerprint density at radius 1 is 0.760 bits per heavy atom. The summed E-state index contributed by atoms with van der Waals surface area (Å²) >= 11 is 0. The van der Waals surface area contributed by atoms with Crippen LogP contribution in [-0.2, 0) is 0 Å². The summed E-state index contributed by atoms with van der Waals surface area (Å²) in [4.78, 5) is 22.0. The number of carbonyl (C=O) groups excluding carboxylic acids is 1. The zero-order valence-electron chi connectivity index (χ0n) is 13.2. The molecule has 0 unspecified atom stereocenters. The summed E-state index contributed by atoms with van der Waals surface area (Å²) in [7, 11) is 0. The van der Waals surface area contributed by atoms with E-state index in [1.165, 1.54) is 24.3 Å². The molecule has 1 heterocycles. The molecule has 1 aromatic heterocycles. The highest BCUT2D eigenvalue weighted by atomic mass is 19.1. The van der Waals surface area contributed by atoms with E-state index in [2.05, 4.69) is 9.97 Å². The number of para-hydroxylation sites is 1. The predicted molar refractivity (Wildman–Crippen MR) is 94.8 cm³/mol. The van der Waals surface area contributed by atoms with Gasteiger partial charge in [-0.3, -0.25) is 4.79 Å². The van der Waals surface area contributed by atoms with Crippen LogP contribution in [0.4, 0.5) is 4.39 Å². The summed E-state index contributed by atoms with van der Waals surface area (Å²) in [6, 6.07) is 22.4. The minimum Gasteiger partial charge on any atom is -0.287 e. The Morgan fingerprint density at radius 3 is 2.20 bits per heavy atom. The molecule has 4 rings (SSSR count). The fourth-order valence-corrected chi connectivity index (χ4v) is 2.70. The maximum Gasteiger partial charge on any atom is 0.212 e. The van der Waals surface area contributed by atoms with Gasteiger partial charge in [-0.15, -0.1) is 0 Å². The standard InChI is InChI=1S/C21H13FN2O/c22-16-12-10-14(11-13-16)20(25)19-17-8-4-5-9-18(17)23-21(24-19)15-6-2-1-3-7-15/h1-13H. The molecule has 0 fully saturated rings. The van der Waals surface area contributed by atoms with E-state index in [-0.39, 0.29) is 11.6 Å². The first-order valence-electron chi connectivity index (χ1n) is 7.85. The van der Waals surface area contributed by atoms with Crippen molar-refractivity contribution in [3.8, 4) is 11.4 Å².